The Balaban J connectivity index is 1.50. The van der Waals surface area contributed by atoms with Gasteiger partial charge in [0.15, 0.2) is 0 Å². The number of aliphatic carboxylic acids is 1. The van der Waals surface area contributed by atoms with Gasteiger partial charge in [-0.3, -0.25) is 9.59 Å². The molecule has 23 heavy (non-hydrogen) atoms. The van der Waals surface area contributed by atoms with Crippen LogP contribution in [0.5, 0.6) is 0 Å². The molecule has 0 spiro atoms. The third-order valence-corrected chi connectivity index (χ3v) is 5.68. The Morgan fingerprint density at radius 2 is 2.09 bits per heavy atom. The molecule has 1 aliphatic heterocycles. The topological polar surface area (TPSA) is 69.6 Å². The molecule has 1 aliphatic carbocycles. The summed E-state index contributed by atoms with van der Waals surface area (Å²) in [6.07, 6.45) is 3.16. The number of anilines is 1. The van der Waals surface area contributed by atoms with Crippen molar-refractivity contribution in [2.75, 3.05) is 25.0 Å². The highest BCUT2D eigenvalue weighted by Gasteiger charge is 2.54. The van der Waals surface area contributed by atoms with Crippen molar-refractivity contribution >= 4 is 33.5 Å². The van der Waals surface area contributed by atoms with E-state index in [0.29, 0.717) is 19.5 Å². The van der Waals surface area contributed by atoms with Crippen molar-refractivity contribution in [3.63, 3.8) is 0 Å². The van der Waals surface area contributed by atoms with Crippen LogP contribution < -0.4 is 5.32 Å². The average molecular weight is 381 g/mol. The molecule has 3 rings (SSSR count). The highest BCUT2D eigenvalue weighted by Crippen LogP contribution is 2.48. The molecule has 1 aromatic carbocycles. The SMILES string of the molecule is O=C(CCN1C[C@@H]2CCC[C@@]2(C(=O)O)C1)Nc1ccc(Br)cc1. The van der Waals surface area contributed by atoms with Gasteiger partial charge in [0.25, 0.3) is 0 Å². The van der Waals surface area contributed by atoms with Crippen molar-refractivity contribution in [2.24, 2.45) is 11.3 Å². The minimum Gasteiger partial charge on any atom is -0.481 e. The molecule has 2 aliphatic rings. The quantitative estimate of drug-likeness (QED) is 0.823. The van der Waals surface area contributed by atoms with Gasteiger partial charge in [-0.25, -0.2) is 0 Å². The molecule has 0 unspecified atom stereocenters. The Morgan fingerprint density at radius 1 is 1.35 bits per heavy atom. The van der Waals surface area contributed by atoms with Gasteiger partial charge in [-0.15, -0.1) is 0 Å². The van der Waals surface area contributed by atoms with Crippen LogP contribution >= 0.6 is 15.9 Å². The highest BCUT2D eigenvalue weighted by atomic mass is 79.9. The first-order valence-electron chi connectivity index (χ1n) is 8.01. The van der Waals surface area contributed by atoms with Gasteiger partial charge in [-0.2, -0.15) is 0 Å². The largest absolute Gasteiger partial charge is 0.481 e. The van der Waals surface area contributed by atoms with Crippen LogP contribution in [0.2, 0.25) is 0 Å². The van der Waals surface area contributed by atoms with Crippen LogP contribution in [0.1, 0.15) is 25.7 Å². The summed E-state index contributed by atoms with van der Waals surface area (Å²) in [5, 5.41) is 12.4. The Morgan fingerprint density at radius 3 is 2.74 bits per heavy atom. The van der Waals surface area contributed by atoms with E-state index < -0.39 is 11.4 Å². The lowest BCUT2D eigenvalue weighted by molar-refractivity contribution is -0.149. The number of halogens is 1. The fourth-order valence-corrected chi connectivity index (χ4v) is 4.19. The second-order valence-corrected chi connectivity index (χ2v) is 7.51. The number of likely N-dealkylation sites (tertiary alicyclic amines) is 1. The third kappa shape index (κ3) is 3.43. The zero-order chi connectivity index (χ0) is 16.4. The molecule has 1 saturated carbocycles. The molecule has 1 amide bonds. The maximum absolute atomic E-state index is 12.0. The van der Waals surface area contributed by atoms with Crippen LogP contribution in [-0.2, 0) is 9.59 Å². The van der Waals surface area contributed by atoms with E-state index in [0.717, 1.165) is 36.0 Å². The number of carboxylic acids is 1. The summed E-state index contributed by atoms with van der Waals surface area (Å²) in [4.78, 5) is 25.8. The van der Waals surface area contributed by atoms with Crippen LogP contribution in [0, 0.1) is 11.3 Å². The summed E-state index contributed by atoms with van der Waals surface area (Å²) in [6.45, 7) is 2.00. The number of nitrogens with zero attached hydrogens (tertiary/aromatic N) is 1. The number of carbonyl (C=O) groups excluding carboxylic acids is 1. The number of fused-ring (bicyclic) bond motifs is 1. The molecule has 0 aromatic heterocycles. The summed E-state index contributed by atoms with van der Waals surface area (Å²) in [5.74, 6) is -0.454. The van der Waals surface area contributed by atoms with Crippen molar-refractivity contribution < 1.29 is 14.7 Å². The second-order valence-electron chi connectivity index (χ2n) is 6.59. The number of hydrogen-bond acceptors (Lipinski definition) is 3. The van der Waals surface area contributed by atoms with Crippen molar-refractivity contribution in [1.29, 1.82) is 0 Å². The number of hydrogen-bond donors (Lipinski definition) is 2. The number of nitrogens with one attached hydrogen (secondary N) is 1. The molecule has 2 fully saturated rings. The van der Waals surface area contributed by atoms with Gasteiger partial charge in [0, 0.05) is 36.2 Å². The summed E-state index contributed by atoms with van der Waals surface area (Å²) in [5.41, 5.74) is 0.209. The molecule has 2 atom stereocenters. The zero-order valence-corrected chi connectivity index (χ0v) is 14.5. The second kappa shape index (κ2) is 6.61. The number of amides is 1. The molecule has 5 nitrogen and oxygen atoms in total. The van der Waals surface area contributed by atoms with Crippen LogP contribution in [-0.4, -0.2) is 41.5 Å². The van der Waals surface area contributed by atoms with E-state index in [1.807, 2.05) is 24.3 Å². The molecular formula is C17H21BrN2O3. The first-order valence-corrected chi connectivity index (χ1v) is 8.80. The first kappa shape index (κ1) is 16.5. The smallest absolute Gasteiger partial charge is 0.311 e. The van der Waals surface area contributed by atoms with Crippen molar-refractivity contribution in [1.82, 2.24) is 4.90 Å². The van der Waals surface area contributed by atoms with Crippen molar-refractivity contribution in [3.05, 3.63) is 28.7 Å². The van der Waals surface area contributed by atoms with E-state index in [9.17, 15) is 14.7 Å². The predicted molar refractivity (Wildman–Crippen MR) is 91.2 cm³/mol. The van der Waals surface area contributed by atoms with E-state index in [4.69, 9.17) is 0 Å². The van der Waals surface area contributed by atoms with Gasteiger partial charge in [0.1, 0.15) is 0 Å². The maximum Gasteiger partial charge on any atom is 0.311 e. The Bertz CT molecular complexity index is 604. The molecule has 124 valence electrons. The Labute approximate surface area is 144 Å². The molecule has 2 N–H and O–H groups in total. The maximum atomic E-state index is 12.0. The van der Waals surface area contributed by atoms with E-state index in [1.165, 1.54) is 0 Å². The van der Waals surface area contributed by atoms with Gasteiger partial charge in [0.2, 0.25) is 5.91 Å². The minimum atomic E-state index is -0.665. The van der Waals surface area contributed by atoms with Gasteiger partial charge >= 0.3 is 5.97 Å². The van der Waals surface area contributed by atoms with Gasteiger partial charge in [-0.05, 0) is 43.0 Å². The molecule has 6 heteroatoms. The third-order valence-electron chi connectivity index (χ3n) is 5.15. The number of carboxylic acid groups (broad SMARTS) is 1. The summed E-state index contributed by atoms with van der Waals surface area (Å²) in [7, 11) is 0. The monoisotopic (exact) mass is 380 g/mol. The summed E-state index contributed by atoms with van der Waals surface area (Å²) in [6, 6.07) is 7.46. The van der Waals surface area contributed by atoms with E-state index in [2.05, 4.69) is 26.1 Å². The van der Waals surface area contributed by atoms with E-state index in [1.54, 1.807) is 0 Å². The number of carbonyl (C=O) groups is 2. The van der Waals surface area contributed by atoms with Gasteiger partial charge in [0.05, 0.1) is 5.41 Å². The molecule has 1 heterocycles. The molecule has 0 radical (unpaired) electrons. The van der Waals surface area contributed by atoms with E-state index in [-0.39, 0.29) is 11.8 Å². The standard InChI is InChI=1S/C17H21BrN2O3/c18-13-3-5-14(6-4-13)19-15(21)7-9-20-10-12-2-1-8-17(12,11-20)16(22)23/h3-6,12H,1-2,7-11H2,(H,19,21)(H,22,23)/t12-,17+/m0/s1. The normalized spacial score (nSPS) is 26.9. The van der Waals surface area contributed by atoms with Gasteiger partial charge < -0.3 is 15.3 Å². The molecule has 1 aromatic rings. The molecular weight excluding hydrogens is 360 g/mol. The van der Waals surface area contributed by atoms with Crippen molar-refractivity contribution in [3.8, 4) is 0 Å². The van der Waals surface area contributed by atoms with E-state index >= 15 is 0 Å². The fraction of sp³-hybridized carbons (Fsp3) is 0.529. The van der Waals surface area contributed by atoms with Crippen LogP contribution in [0.4, 0.5) is 5.69 Å². The average Bonchev–Trinajstić information content (AvgIpc) is 3.05. The van der Waals surface area contributed by atoms with Crippen LogP contribution in [0.3, 0.4) is 0 Å². The van der Waals surface area contributed by atoms with Gasteiger partial charge in [-0.1, -0.05) is 22.4 Å². The van der Waals surface area contributed by atoms with Crippen LogP contribution in [0.25, 0.3) is 0 Å². The molecule has 0 bridgehead atoms. The summed E-state index contributed by atoms with van der Waals surface area (Å²) < 4.78 is 0.970. The Kier molecular flexibility index (Phi) is 4.73. The first-order chi connectivity index (χ1) is 11.0. The predicted octanol–water partition coefficient (Wildman–Crippen LogP) is 2.96. The fourth-order valence-electron chi connectivity index (χ4n) is 3.93. The van der Waals surface area contributed by atoms with Crippen LogP contribution in [0.15, 0.2) is 28.7 Å². The highest BCUT2D eigenvalue weighted by molar-refractivity contribution is 9.10. The van der Waals surface area contributed by atoms with Crippen molar-refractivity contribution in [2.45, 2.75) is 25.7 Å². The lowest BCUT2D eigenvalue weighted by atomic mass is 9.81. The summed E-state index contributed by atoms with van der Waals surface area (Å²) >= 11 is 3.36. The Hall–Kier alpha value is -1.40. The number of rotatable bonds is 5. The lowest BCUT2D eigenvalue weighted by Gasteiger charge is -2.23. The molecule has 1 saturated heterocycles. The lowest BCUT2D eigenvalue weighted by Crippen LogP contribution is -2.36. The number of benzene rings is 1. The minimum absolute atomic E-state index is 0.0336. The zero-order valence-electron chi connectivity index (χ0n) is 12.9.